The van der Waals surface area contributed by atoms with E-state index in [2.05, 4.69) is 0 Å². The number of carboxylic acids is 1. The Kier molecular flexibility index (Phi) is 2.93. The molecule has 1 saturated heterocycles. The van der Waals surface area contributed by atoms with Crippen LogP contribution in [-0.2, 0) is 9.59 Å². The minimum atomic E-state index is -0.767. The Morgan fingerprint density at radius 3 is 2.27 bits per heavy atom. The van der Waals surface area contributed by atoms with E-state index in [1.54, 1.807) is 4.90 Å². The molecule has 4 heteroatoms. The van der Waals surface area contributed by atoms with E-state index in [4.69, 9.17) is 5.11 Å². The van der Waals surface area contributed by atoms with Gasteiger partial charge in [0.25, 0.3) is 0 Å². The molecule has 1 N–H and O–H groups in total. The summed E-state index contributed by atoms with van der Waals surface area (Å²) < 4.78 is 0. The number of hydrogen-bond donors (Lipinski definition) is 1. The highest BCUT2D eigenvalue weighted by Gasteiger charge is 2.34. The van der Waals surface area contributed by atoms with Gasteiger partial charge in [0.2, 0.25) is 5.91 Å². The van der Waals surface area contributed by atoms with Gasteiger partial charge in [-0.15, -0.1) is 0 Å². The summed E-state index contributed by atoms with van der Waals surface area (Å²) in [6.07, 6.45) is 4.90. The molecule has 0 unspecified atom stereocenters. The zero-order chi connectivity index (χ0) is 10.8. The number of carbonyl (C=O) groups excluding carboxylic acids is 1. The van der Waals surface area contributed by atoms with Crippen LogP contribution in [-0.4, -0.2) is 35.0 Å². The summed E-state index contributed by atoms with van der Waals surface area (Å²) in [6, 6.07) is 0. The third-order valence-corrected chi connectivity index (χ3v) is 3.55. The highest BCUT2D eigenvalue weighted by atomic mass is 16.4. The second kappa shape index (κ2) is 4.21. The van der Waals surface area contributed by atoms with Crippen molar-refractivity contribution in [3.8, 4) is 0 Å². The molecule has 1 heterocycles. The fourth-order valence-electron chi connectivity index (χ4n) is 2.59. The van der Waals surface area contributed by atoms with Crippen LogP contribution >= 0.6 is 0 Å². The normalized spacial score (nSPS) is 27.2. The van der Waals surface area contributed by atoms with Gasteiger partial charge in [-0.2, -0.15) is 0 Å². The van der Waals surface area contributed by atoms with Gasteiger partial charge in [-0.25, -0.2) is 0 Å². The van der Waals surface area contributed by atoms with Crippen molar-refractivity contribution in [2.24, 2.45) is 11.8 Å². The Labute approximate surface area is 89.3 Å². The van der Waals surface area contributed by atoms with Gasteiger partial charge in [-0.05, 0) is 19.3 Å². The third-order valence-electron chi connectivity index (χ3n) is 3.55. The predicted octanol–water partition coefficient (Wildman–Crippen LogP) is 1.11. The molecule has 1 aliphatic heterocycles. The van der Waals surface area contributed by atoms with Gasteiger partial charge >= 0.3 is 5.97 Å². The number of nitrogens with zero attached hydrogens (tertiary/aromatic N) is 1. The lowest BCUT2D eigenvalue weighted by atomic mass is 10.1. The SMILES string of the molecule is O=C(O)[C@@H]1CCN(C(=O)C2CCCC2)C1. The summed E-state index contributed by atoms with van der Waals surface area (Å²) in [7, 11) is 0. The van der Waals surface area contributed by atoms with Crippen LogP contribution in [0.1, 0.15) is 32.1 Å². The number of aliphatic carboxylic acids is 1. The van der Waals surface area contributed by atoms with Crippen LogP contribution in [0, 0.1) is 11.8 Å². The molecule has 0 aromatic carbocycles. The Balaban J connectivity index is 1.89. The topological polar surface area (TPSA) is 57.6 Å². The van der Waals surface area contributed by atoms with Crippen molar-refractivity contribution >= 4 is 11.9 Å². The standard InChI is InChI=1S/C11H17NO3/c13-10(8-3-1-2-4-8)12-6-5-9(7-12)11(14)15/h8-9H,1-7H2,(H,14,15)/t9-/m1/s1. The average Bonchev–Trinajstić information content (AvgIpc) is 2.88. The van der Waals surface area contributed by atoms with Gasteiger partial charge in [-0.3, -0.25) is 9.59 Å². The van der Waals surface area contributed by atoms with Crippen LogP contribution in [0.15, 0.2) is 0 Å². The van der Waals surface area contributed by atoms with Crippen LogP contribution in [0.5, 0.6) is 0 Å². The lowest BCUT2D eigenvalue weighted by Crippen LogP contribution is -2.34. The van der Waals surface area contributed by atoms with Crippen LogP contribution in [0.3, 0.4) is 0 Å². The first-order valence-electron chi connectivity index (χ1n) is 5.70. The summed E-state index contributed by atoms with van der Waals surface area (Å²) in [5.74, 6) is -0.735. The van der Waals surface area contributed by atoms with Crippen molar-refractivity contribution in [3.05, 3.63) is 0 Å². The Hall–Kier alpha value is -1.06. The van der Waals surface area contributed by atoms with Crippen molar-refractivity contribution in [1.82, 2.24) is 4.90 Å². The maximum absolute atomic E-state index is 11.9. The van der Waals surface area contributed by atoms with Crippen LogP contribution in [0.25, 0.3) is 0 Å². The molecule has 2 aliphatic rings. The number of carboxylic acid groups (broad SMARTS) is 1. The molecular weight excluding hydrogens is 194 g/mol. The molecule has 0 aromatic heterocycles. The molecule has 2 rings (SSSR count). The molecule has 0 bridgehead atoms. The molecule has 4 nitrogen and oxygen atoms in total. The second-order valence-electron chi connectivity index (χ2n) is 4.59. The minimum Gasteiger partial charge on any atom is -0.481 e. The van der Waals surface area contributed by atoms with E-state index in [0.29, 0.717) is 19.5 Å². The van der Waals surface area contributed by atoms with E-state index < -0.39 is 5.97 Å². The predicted molar refractivity (Wildman–Crippen MR) is 54.3 cm³/mol. The van der Waals surface area contributed by atoms with Crippen molar-refractivity contribution in [3.63, 3.8) is 0 Å². The fourth-order valence-corrected chi connectivity index (χ4v) is 2.59. The minimum absolute atomic E-state index is 0.178. The van der Waals surface area contributed by atoms with E-state index in [9.17, 15) is 9.59 Å². The van der Waals surface area contributed by atoms with Crippen molar-refractivity contribution in [2.45, 2.75) is 32.1 Å². The maximum atomic E-state index is 11.9. The molecule has 1 aliphatic carbocycles. The molecular formula is C11H17NO3. The zero-order valence-corrected chi connectivity index (χ0v) is 8.82. The fraction of sp³-hybridized carbons (Fsp3) is 0.818. The Morgan fingerprint density at radius 2 is 1.73 bits per heavy atom. The highest BCUT2D eigenvalue weighted by Crippen LogP contribution is 2.28. The third kappa shape index (κ3) is 2.13. The summed E-state index contributed by atoms with van der Waals surface area (Å²) in [5, 5.41) is 8.84. The molecule has 0 radical (unpaired) electrons. The van der Waals surface area contributed by atoms with Crippen LogP contribution < -0.4 is 0 Å². The van der Waals surface area contributed by atoms with Gasteiger partial charge in [0.05, 0.1) is 5.92 Å². The highest BCUT2D eigenvalue weighted by molar-refractivity contribution is 5.81. The molecule has 0 spiro atoms. The largest absolute Gasteiger partial charge is 0.481 e. The summed E-state index contributed by atoms with van der Waals surface area (Å²) in [6.45, 7) is 1.05. The molecule has 2 fully saturated rings. The van der Waals surface area contributed by atoms with E-state index >= 15 is 0 Å². The molecule has 1 saturated carbocycles. The summed E-state index contributed by atoms with van der Waals surface area (Å²) in [5.41, 5.74) is 0. The Bertz CT molecular complexity index is 271. The second-order valence-corrected chi connectivity index (χ2v) is 4.59. The number of rotatable bonds is 2. The zero-order valence-electron chi connectivity index (χ0n) is 8.82. The van der Waals surface area contributed by atoms with E-state index in [1.165, 1.54) is 0 Å². The monoisotopic (exact) mass is 211 g/mol. The van der Waals surface area contributed by atoms with Crippen LogP contribution in [0.2, 0.25) is 0 Å². The van der Waals surface area contributed by atoms with Gasteiger partial charge in [0.1, 0.15) is 0 Å². The number of hydrogen-bond acceptors (Lipinski definition) is 2. The van der Waals surface area contributed by atoms with E-state index in [0.717, 1.165) is 25.7 Å². The average molecular weight is 211 g/mol. The molecule has 1 amide bonds. The molecule has 1 atom stereocenters. The first kappa shape index (κ1) is 10.5. The number of carbonyl (C=O) groups is 2. The van der Waals surface area contributed by atoms with Crippen molar-refractivity contribution < 1.29 is 14.7 Å². The Morgan fingerprint density at radius 1 is 1.07 bits per heavy atom. The first-order chi connectivity index (χ1) is 7.18. The molecule has 84 valence electrons. The molecule has 0 aromatic rings. The smallest absolute Gasteiger partial charge is 0.308 e. The van der Waals surface area contributed by atoms with Crippen molar-refractivity contribution in [2.75, 3.05) is 13.1 Å². The maximum Gasteiger partial charge on any atom is 0.308 e. The first-order valence-corrected chi connectivity index (χ1v) is 5.70. The van der Waals surface area contributed by atoms with Crippen molar-refractivity contribution in [1.29, 1.82) is 0 Å². The van der Waals surface area contributed by atoms with Gasteiger partial charge in [0, 0.05) is 19.0 Å². The quantitative estimate of drug-likeness (QED) is 0.744. The number of likely N-dealkylation sites (tertiary alicyclic amines) is 1. The van der Waals surface area contributed by atoms with Crippen LogP contribution in [0.4, 0.5) is 0 Å². The van der Waals surface area contributed by atoms with E-state index in [1.807, 2.05) is 0 Å². The summed E-state index contributed by atoms with van der Waals surface area (Å²) >= 11 is 0. The number of amides is 1. The van der Waals surface area contributed by atoms with Gasteiger partial charge in [-0.1, -0.05) is 12.8 Å². The lowest BCUT2D eigenvalue weighted by molar-refractivity contribution is -0.141. The van der Waals surface area contributed by atoms with E-state index in [-0.39, 0.29) is 17.7 Å². The lowest BCUT2D eigenvalue weighted by Gasteiger charge is -2.19. The van der Waals surface area contributed by atoms with Gasteiger partial charge in [0.15, 0.2) is 0 Å². The molecule has 15 heavy (non-hydrogen) atoms. The van der Waals surface area contributed by atoms with Gasteiger partial charge < -0.3 is 10.0 Å². The summed E-state index contributed by atoms with van der Waals surface area (Å²) in [4.78, 5) is 24.4.